The Kier molecular flexibility index (Phi) is 1.46. The van der Waals surface area contributed by atoms with Gasteiger partial charge in [-0.25, -0.2) is 0 Å². The van der Waals surface area contributed by atoms with Gasteiger partial charge in [-0.1, -0.05) is 17.7 Å². The van der Waals surface area contributed by atoms with Gasteiger partial charge in [-0.05, 0) is 18.6 Å². The molecule has 0 N–H and O–H groups in total. The summed E-state index contributed by atoms with van der Waals surface area (Å²) in [4.78, 5) is 12.5. The molecular weight excluding hydrogens is 149 g/mol. The van der Waals surface area contributed by atoms with Crippen molar-refractivity contribution in [2.24, 2.45) is 0 Å². The summed E-state index contributed by atoms with van der Waals surface area (Å²) >= 11 is 0. The number of carbonyl (C=O) groups is 1. The first-order chi connectivity index (χ1) is 5.68. The minimum atomic E-state index is -0.0787. The van der Waals surface area contributed by atoms with Gasteiger partial charge in [0.1, 0.15) is 0 Å². The Morgan fingerprint density at radius 3 is 3.00 bits per heavy atom. The average molecular weight is 157 g/mol. The Balaban J connectivity index is 2.54. The molecule has 1 aromatic rings. The van der Waals surface area contributed by atoms with E-state index in [0.717, 1.165) is 16.7 Å². The molecule has 0 saturated heterocycles. The van der Waals surface area contributed by atoms with E-state index in [4.69, 9.17) is 7.98 Å². The molecule has 58 valence electrons. The summed E-state index contributed by atoms with van der Waals surface area (Å²) in [5.74, 6) is -0.0787. The molecule has 1 amide bonds. The van der Waals surface area contributed by atoms with Gasteiger partial charge in [0.15, 0.2) is 0 Å². The van der Waals surface area contributed by atoms with Gasteiger partial charge in [0.2, 0.25) is 13.9 Å². The number of nitrogens with zero attached hydrogens (tertiary/aromatic N) is 1. The summed E-state index contributed by atoms with van der Waals surface area (Å²) in [6, 6.07) is 5.76. The molecule has 0 atom stereocenters. The molecule has 1 aromatic carbocycles. The number of benzene rings is 1. The van der Waals surface area contributed by atoms with Crippen LogP contribution >= 0.6 is 0 Å². The van der Waals surface area contributed by atoms with Crippen LogP contribution in [0.15, 0.2) is 18.2 Å². The van der Waals surface area contributed by atoms with Crippen molar-refractivity contribution in [2.75, 3.05) is 0 Å². The van der Waals surface area contributed by atoms with E-state index < -0.39 is 0 Å². The van der Waals surface area contributed by atoms with E-state index in [9.17, 15) is 4.79 Å². The van der Waals surface area contributed by atoms with Crippen molar-refractivity contribution < 1.29 is 4.79 Å². The van der Waals surface area contributed by atoms with Crippen molar-refractivity contribution in [3.05, 3.63) is 34.9 Å². The average Bonchev–Trinajstić information content (AvgIpc) is 2.28. The number of hydrogen-bond donors (Lipinski definition) is 0. The molecule has 1 heterocycles. The third-order valence-electron chi connectivity index (χ3n) is 2.09. The van der Waals surface area contributed by atoms with Crippen molar-refractivity contribution >= 4 is 13.9 Å². The molecular formula is C9H8BNO. The molecule has 1 aliphatic rings. The molecule has 0 aliphatic carbocycles. The lowest BCUT2D eigenvalue weighted by Gasteiger charge is -2.05. The fourth-order valence-corrected chi connectivity index (χ4v) is 1.47. The Labute approximate surface area is 72.6 Å². The van der Waals surface area contributed by atoms with Crippen LogP contribution in [-0.2, 0) is 6.54 Å². The second-order valence-corrected chi connectivity index (χ2v) is 3.09. The number of carbonyl (C=O) groups excluding carboxylic acids is 1. The molecule has 0 fully saturated rings. The lowest BCUT2D eigenvalue weighted by atomic mass is 10.1. The van der Waals surface area contributed by atoms with Crippen LogP contribution in [0, 0.1) is 6.92 Å². The fourth-order valence-electron chi connectivity index (χ4n) is 1.47. The van der Waals surface area contributed by atoms with E-state index in [2.05, 4.69) is 0 Å². The molecule has 12 heavy (non-hydrogen) atoms. The Morgan fingerprint density at radius 2 is 2.25 bits per heavy atom. The molecule has 0 saturated carbocycles. The maximum atomic E-state index is 11.3. The minimum Gasteiger partial charge on any atom is -0.389 e. The normalized spacial score (nSPS) is 15.1. The number of amides is 1. The standard InChI is InChI=1S/C9H8BNO/c1-6-2-3-8-7(4-6)5-11(10)9(8)12/h2-4H,5H2,1H3. The minimum absolute atomic E-state index is 0.0787. The second-order valence-electron chi connectivity index (χ2n) is 3.09. The zero-order valence-corrected chi connectivity index (χ0v) is 6.87. The maximum Gasteiger partial charge on any atom is 0.241 e. The summed E-state index contributed by atoms with van der Waals surface area (Å²) in [5, 5.41) is 0. The highest BCUT2D eigenvalue weighted by Crippen LogP contribution is 2.21. The van der Waals surface area contributed by atoms with Crippen molar-refractivity contribution in [1.82, 2.24) is 4.81 Å². The van der Waals surface area contributed by atoms with Crippen LogP contribution in [0.4, 0.5) is 0 Å². The van der Waals surface area contributed by atoms with Crippen LogP contribution in [0.2, 0.25) is 0 Å². The van der Waals surface area contributed by atoms with Crippen LogP contribution in [0.3, 0.4) is 0 Å². The zero-order valence-electron chi connectivity index (χ0n) is 6.87. The van der Waals surface area contributed by atoms with Gasteiger partial charge < -0.3 is 4.81 Å². The number of rotatable bonds is 0. The highest BCUT2D eigenvalue weighted by atomic mass is 16.2. The van der Waals surface area contributed by atoms with E-state index >= 15 is 0 Å². The van der Waals surface area contributed by atoms with Crippen molar-refractivity contribution in [2.45, 2.75) is 13.5 Å². The number of fused-ring (bicyclic) bond motifs is 1. The highest BCUT2D eigenvalue weighted by molar-refractivity contribution is 6.19. The summed E-state index contributed by atoms with van der Waals surface area (Å²) in [6.45, 7) is 2.54. The van der Waals surface area contributed by atoms with Gasteiger partial charge in [-0.15, -0.1) is 0 Å². The van der Waals surface area contributed by atoms with Gasteiger partial charge in [-0.2, -0.15) is 0 Å². The van der Waals surface area contributed by atoms with E-state index in [-0.39, 0.29) is 5.91 Å². The first kappa shape index (κ1) is 7.41. The third kappa shape index (κ3) is 0.933. The second kappa shape index (κ2) is 2.37. The molecule has 1 aliphatic heterocycles. The molecule has 2 rings (SSSR count). The van der Waals surface area contributed by atoms with E-state index in [1.54, 1.807) is 0 Å². The molecule has 3 heteroatoms. The van der Waals surface area contributed by atoms with Crippen LogP contribution in [0.25, 0.3) is 0 Å². The van der Waals surface area contributed by atoms with Crippen LogP contribution in [0.1, 0.15) is 21.5 Å². The smallest absolute Gasteiger partial charge is 0.241 e. The lowest BCUT2D eigenvalue weighted by molar-refractivity contribution is 0.0880. The third-order valence-corrected chi connectivity index (χ3v) is 2.09. The SMILES string of the molecule is [B]N1Cc2cc(C)ccc2C1=O. The molecule has 0 unspecified atom stereocenters. The monoisotopic (exact) mass is 157 g/mol. The maximum absolute atomic E-state index is 11.3. The van der Waals surface area contributed by atoms with Gasteiger partial charge in [0.05, 0.1) is 0 Å². The highest BCUT2D eigenvalue weighted by Gasteiger charge is 2.22. The van der Waals surface area contributed by atoms with Gasteiger partial charge in [0.25, 0.3) is 0 Å². The first-order valence-corrected chi connectivity index (χ1v) is 3.84. The largest absolute Gasteiger partial charge is 0.389 e. The zero-order chi connectivity index (χ0) is 8.72. The fraction of sp³-hybridized carbons (Fsp3) is 0.222. The first-order valence-electron chi connectivity index (χ1n) is 3.84. The molecule has 2 radical (unpaired) electrons. The summed E-state index contributed by atoms with van der Waals surface area (Å²) in [6.07, 6.45) is 0. The topological polar surface area (TPSA) is 20.3 Å². The van der Waals surface area contributed by atoms with Crippen LogP contribution in [0.5, 0.6) is 0 Å². The van der Waals surface area contributed by atoms with Crippen molar-refractivity contribution in [3.8, 4) is 0 Å². The Hall–Kier alpha value is -1.25. The summed E-state index contributed by atoms with van der Waals surface area (Å²) < 4.78 is 0. The molecule has 0 aromatic heterocycles. The molecule has 0 spiro atoms. The Morgan fingerprint density at radius 1 is 1.50 bits per heavy atom. The van der Waals surface area contributed by atoms with Gasteiger partial charge >= 0.3 is 0 Å². The predicted octanol–water partition coefficient (Wildman–Crippen LogP) is 1.03. The van der Waals surface area contributed by atoms with Gasteiger partial charge in [-0.3, -0.25) is 4.79 Å². The van der Waals surface area contributed by atoms with Gasteiger partial charge in [0, 0.05) is 12.1 Å². The van der Waals surface area contributed by atoms with E-state index in [1.165, 1.54) is 4.81 Å². The van der Waals surface area contributed by atoms with Crippen LogP contribution in [-0.4, -0.2) is 18.7 Å². The van der Waals surface area contributed by atoms with E-state index in [0.29, 0.717) is 6.54 Å². The Bertz CT molecular complexity index is 348. The number of aryl methyl sites for hydroxylation is 1. The molecule has 2 nitrogen and oxygen atoms in total. The molecule has 0 bridgehead atoms. The predicted molar refractivity (Wildman–Crippen MR) is 46.8 cm³/mol. The van der Waals surface area contributed by atoms with Crippen molar-refractivity contribution in [3.63, 3.8) is 0 Å². The van der Waals surface area contributed by atoms with Crippen molar-refractivity contribution in [1.29, 1.82) is 0 Å². The van der Waals surface area contributed by atoms with Crippen LogP contribution < -0.4 is 0 Å². The lowest BCUT2D eigenvalue weighted by Crippen LogP contribution is -2.19. The van der Waals surface area contributed by atoms with E-state index in [1.807, 2.05) is 25.1 Å². The summed E-state index contributed by atoms with van der Waals surface area (Å²) in [5.41, 5.74) is 2.93. The quantitative estimate of drug-likeness (QED) is 0.515. The number of hydrogen-bond acceptors (Lipinski definition) is 1. The summed E-state index contributed by atoms with van der Waals surface area (Å²) in [7, 11) is 5.46.